The lowest BCUT2D eigenvalue weighted by molar-refractivity contribution is 0.316. The maximum absolute atomic E-state index is 5.41. The number of rotatable bonds is 4. The Balaban J connectivity index is 1.69. The second kappa shape index (κ2) is 6.39. The molecule has 1 aromatic carbocycles. The number of hydrogen-bond donors (Lipinski definition) is 1. The van der Waals surface area contributed by atoms with Crippen LogP contribution in [0.2, 0.25) is 0 Å². The van der Waals surface area contributed by atoms with Crippen molar-refractivity contribution in [3.63, 3.8) is 0 Å². The van der Waals surface area contributed by atoms with Gasteiger partial charge in [-0.2, -0.15) is 4.98 Å². The highest BCUT2D eigenvalue weighted by Gasteiger charge is 2.17. The average Bonchev–Trinajstić information content (AvgIpc) is 2.97. The Bertz CT molecular complexity index is 568. The summed E-state index contributed by atoms with van der Waals surface area (Å²) in [5, 5.41) is 7.54. The van der Waals surface area contributed by atoms with Gasteiger partial charge in [-0.1, -0.05) is 43.3 Å². The minimum Gasteiger partial charge on any atom is -0.339 e. The molecule has 4 nitrogen and oxygen atoms in total. The van der Waals surface area contributed by atoms with E-state index in [-0.39, 0.29) is 0 Å². The minimum absolute atomic E-state index is 0.540. The fourth-order valence-electron chi connectivity index (χ4n) is 2.82. The van der Waals surface area contributed by atoms with Crippen LogP contribution in [0.25, 0.3) is 11.4 Å². The first kappa shape index (κ1) is 14.3. The van der Waals surface area contributed by atoms with Gasteiger partial charge in [-0.3, -0.25) is 0 Å². The van der Waals surface area contributed by atoms with Gasteiger partial charge in [0.15, 0.2) is 0 Å². The van der Waals surface area contributed by atoms with Crippen molar-refractivity contribution in [3.05, 3.63) is 35.7 Å². The Morgan fingerprint density at radius 2 is 2.10 bits per heavy atom. The van der Waals surface area contributed by atoms with E-state index < -0.39 is 0 Å². The molecule has 2 heterocycles. The highest BCUT2D eigenvalue weighted by Crippen LogP contribution is 2.22. The summed E-state index contributed by atoms with van der Waals surface area (Å²) in [7, 11) is 0. The summed E-state index contributed by atoms with van der Waals surface area (Å²) in [4.78, 5) is 4.54. The molecule has 0 saturated carbocycles. The number of aromatic nitrogens is 2. The lowest BCUT2D eigenvalue weighted by Gasteiger charge is -2.20. The molecular formula is C17H23N3O. The SMILES string of the molecule is CC(C)c1ccc(-c2noc(CC3CCCNC3)n2)cc1. The van der Waals surface area contributed by atoms with Gasteiger partial charge in [0.05, 0.1) is 0 Å². The molecule has 3 rings (SSSR count). The van der Waals surface area contributed by atoms with Crippen LogP contribution in [-0.2, 0) is 6.42 Å². The van der Waals surface area contributed by atoms with Crippen LogP contribution in [-0.4, -0.2) is 23.2 Å². The molecule has 21 heavy (non-hydrogen) atoms. The van der Waals surface area contributed by atoms with E-state index in [1.165, 1.54) is 18.4 Å². The summed E-state index contributed by atoms with van der Waals surface area (Å²) in [5.41, 5.74) is 2.35. The molecule has 0 spiro atoms. The summed E-state index contributed by atoms with van der Waals surface area (Å²) >= 11 is 0. The van der Waals surface area contributed by atoms with Crippen molar-refractivity contribution in [1.82, 2.24) is 15.5 Å². The molecule has 1 unspecified atom stereocenters. The van der Waals surface area contributed by atoms with E-state index in [1.807, 2.05) is 0 Å². The molecule has 1 N–H and O–H groups in total. The maximum atomic E-state index is 5.41. The Labute approximate surface area is 126 Å². The van der Waals surface area contributed by atoms with Crippen LogP contribution < -0.4 is 5.32 Å². The number of piperidine rings is 1. The number of benzene rings is 1. The van der Waals surface area contributed by atoms with Gasteiger partial charge in [0.1, 0.15) is 0 Å². The van der Waals surface area contributed by atoms with Gasteiger partial charge in [-0.15, -0.1) is 0 Å². The number of nitrogens with zero attached hydrogens (tertiary/aromatic N) is 2. The summed E-state index contributed by atoms with van der Waals surface area (Å²) in [6, 6.07) is 8.43. The maximum Gasteiger partial charge on any atom is 0.227 e. The molecular weight excluding hydrogens is 262 g/mol. The fourth-order valence-corrected chi connectivity index (χ4v) is 2.82. The quantitative estimate of drug-likeness (QED) is 0.935. The van der Waals surface area contributed by atoms with Crippen molar-refractivity contribution in [2.75, 3.05) is 13.1 Å². The Morgan fingerprint density at radius 3 is 2.76 bits per heavy atom. The molecule has 112 valence electrons. The van der Waals surface area contributed by atoms with Crippen LogP contribution >= 0.6 is 0 Å². The largest absolute Gasteiger partial charge is 0.339 e. The van der Waals surface area contributed by atoms with E-state index >= 15 is 0 Å². The van der Waals surface area contributed by atoms with Crippen molar-refractivity contribution in [3.8, 4) is 11.4 Å². The number of hydrogen-bond acceptors (Lipinski definition) is 4. The van der Waals surface area contributed by atoms with Gasteiger partial charge in [-0.05, 0) is 43.3 Å². The van der Waals surface area contributed by atoms with Crippen molar-refractivity contribution in [2.24, 2.45) is 5.92 Å². The van der Waals surface area contributed by atoms with Gasteiger partial charge in [0.2, 0.25) is 11.7 Å². The van der Waals surface area contributed by atoms with E-state index in [4.69, 9.17) is 4.52 Å². The molecule has 1 aliphatic heterocycles. The van der Waals surface area contributed by atoms with Crippen molar-refractivity contribution in [2.45, 2.75) is 39.0 Å². The Morgan fingerprint density at radius 1 is 1.29 bits per heavy atom. The molecule has 1 atom stereocenters. The summed E-state index contributed by atoms with van der Waals surface area (Å²) in [6.07, 6.45) is 3.36. The predicted octanol–water partition coefficient (Wildman–Crippen LogP) is 3.40. The average molecular weight is 285 g/mol. The fraction of sp³-hybridized carbons (Fsp3) is 0.529. The molecule has 1 saturated heterocycles. The zero-order valence-corrected chi connectivity index (χ0v) is 12.8. The smallest absolute Gasteiger partial charge is 0.227 e. The van der Waals surface area contributed by atoms with Crippen LogP contribution in [0.1, 0.15) is 44.1 Å². The van der Waals surface area contributed by atoms with Gasteiger partial charge in [0, 0.05) is 12.0 Å². The van der Waals surface area contributed by atoms with Crippen LogP contribution in [0.4, 0.5) is 0 Å². The molecule has 0 amide bonds. The second-order valence-electron chi connectivity index (χ2n) is 6.20. The van der Waals surface area contributed by atoms with Gasteiger partial charge < -0.3 is 9.84 Å². The monoisotopic (exact) mass is 285 g/mol. The van der Waals surface area contributed by atoms with E-state index in [0.717, 1.165) is 31.0 Å². The zero-order valence-electron chi connectivity index (χ0n) is 12.8. The topological polar surface area (TPSA) is 51.0 Å². The third kappa shape index (κ3) is 3.50. The Kier molecular flexibility index (Phi) is 4.34. The molecule has 1 aromatic heterocycles. The van der Waals surface area contributed by atoms with E-state index in [0.29, 0.717) is 17.7 Å². The molecule has 0 bridgehead atoms. The van der Waals surface area contributed by atoms with E-state index in [9.17, 15) is 0 Å². The first-order chi connectivity index (χ1) is 10.2. The lowest BCUT2D eigenvalue weighted by atomic mass is 9.96. The molecule has 0 radical (unpaired) electrons. The van der Waals surface area contributed by atoms with Crippen LogP contribution in [0.5, 0.6) is 0 Å². The third-order valence-electron chi connectivity index (χ3n) is 4.17. The molecule has 1 fully saturated rings. The van der Waals surface area contributed by atoms with Crippen molar-refractivity contribution < 1.29 is 4.52 Å². The highest BCUT2D eigenvalue weighted by atomic mass is 16.5. The highest BCUT2D eigenvalue weighted by molar-refractivity contribution is 5.54. The molecule has 1 aliphatic rings. The van der Waals surface area contributed by atoms with Crippen molar-refractivity contribution in [1.29, 1.82) is 0 Å². The normalized spacial score (nSPS) is 19.1. The van der Waals surface area contributed by atoms with E-state index in [1.54, 1.807) is 0 Å². The summed E-state index contributed by atoms with van der Waals surface area (Å²) in [5.74, 6) is 2.62. The summed E-state index contributed by atoms with van der Waals surface area (Å²) < 4.78 is 5.41. The van der Waals surface area contributed by atoms with Crippen molar-refractivity contribution >= 4 is 0 Å². The Hall–Kier alpha value is -1.68. The van der Waals surface area contributed by atoms with Crippen LogP contribution in [0, 0.1) is 5.92 Å². The standard InChI is InChI=1S/C17H23N3O/c1-12(2)14-5-7-15(8-6-14)17-19-16(21-20-17)10-13-4-3-9-18-11-13/h5-8,12-13,18H,3-4,9-11H2,1-2H3. The zero-order chi connectivity index (χ0) is 14.7. The third-order valence-corrected chi connectivity index (χ3v) is 4.17. The van der Waals surface area contributed by atoms with Gasteiger partial charge >= 0.3 is 0 Å². The van der Waals surface area contributed by atoms with E-state index in [2.05, 4.69) is 53.6 Å². The second-order valence-corrected chi connectivity index (χ2v) is 6.20. The lowest BCUT2D eigenvalue weighted by Crippen LogP contribution is -2.30. The number of nitrogens with one attached hydrogen (secondary N) is 1. The van der Waals surface area contributed by atoms with Crippen LogP contribution in [0.3, 0.4) is 0 Å². The van der Waals surface area contributed by atoms with Gasteiger partial charge in [0.25, 0.3) is 0 Å². The first-order valence-electron chi connectivity index (χ1n) is 7.86. The minimum atomic E-state index is 0.540. The predicted molar refractivity (Wildman–Crippen MR) is 83.1 cm³/mol. The summed E-state index contributed by atoms with van der Waals surface area (Å²) in [6.45, 7) is 6.58. The molecule has 4 heteroatoms. The first-order valence-corrected chi connectivity index (χ1v) is 7.86. The molecule has 0 aliphatic carbocycles. The molecule has 2 aromatic rings. The van der Waals surface area contributed by atoms with Gasteiger partial charge in [-0.25, -0.2) is 0 Å². The van der Waals surface area contributed by atoms with Crippen LogP contribution in [0.15, 0.2) is 28.8 Å².